The van der Waals surface area contributed by atoms with E-state index in [9.17, 15) is 10.1 Å². The van der Waals surface area contributed by atoms with Crippen LogP contribution in [0.25, 0.3) is 0 Å². The lowest BCUT2D eigenvalue weighted by atomic mass is 9.39. The third-order valence-corrected chi connectivity index (χ3v) is 7.65. The summed E-state index contributed by atoms with van der Waals surface area (Å²) in [6.45, 7) is 2.38. The number of ether oxygens (including phenoxy) is 1. The molecule has 5 nitrogen and oxygen atoms in total. The van der Waals surface area contributed by atoms with Crippen molar-refractivity contribution in [2.75, 3.05) is 0 Å². The standard InChI is InChI=1S/C18H28O5/c1-11-6-13-8-14-9-15(10-18(11,13)14)22-17(23-21)4-2-12(3-5-17)7-16(19)20/h11-15,21H,2-10H2,1H3,(H,19,20). The Bertz CT molecular complexity index is 478. The maximum atomic E-state index is 10.8. The smallest absolute Gasteiger partial charge is 0.303 e. The van der Waals surface area contributed by atoms with E-state index in [0.717, 1.165) is 43.4 Å². The van der Waals surface area contributed by atoms with Gasteiger partial charge in [0.2, 0.25) is 5.79 Å². The summed E-state index contributed by atoms with van der Waals surface area (Å²) in [5, 5.41) is 18.4. The quantitative estimate of drug-likeness (QED) is 0.458. The van der Waals surface area contributed by atoms with Gasteiger partial charge in [-0.25, -0.2) is 10.1 Å². The Morgan fingerprint density at radius 3 is 2.39 bits per heavy atom. The molecule has 0 saturated heterocycles. The lowest BCUT2D eigenvalue weighted by Crippen LogP contribution is -2.59. The normalized spacial score (nSPS) is 51.3. The number of hydrogen-bond acceptors (Lipinski definition) is 4. The minimum absolute atomic E-state index is 0.175. The van der Waals surface area contributed by atoms with Crippen LogP contribution >= 0.6 is 0 Å². The fraction of sp³-hybridized carbons (Fsp3) is 0.944. The number of rotatable bonds is 5. The molecule has 2 N–H and O–H groups in total. The molecule has 0 radical (unpaired) electrons. The van der Waals surface area contributed by atoms with E-state index in [4.69, 9.17) is 14.7 Å². The van der Waals surface area contributed by atoms with Gasteiger partial charge >= 0.3 is 5.97 Å². The van der Waals surface area contributed by atoms with Crippen molar-refractivity contribution in [3.8, 4) is 0 Å². The van der Waals surface area contributed by atoms with Crippen molar-refractivity contribution in [2.45, 2.75) is 76.6 Å². The summed E-state index contributed by atoms with van der Waals surface area (Å²) in [6.07, 6.45) is 8.02. The monoisotopic (exact) mass is 324 g/mol. The second-order valence-electron chi connectivity index (χ2n) is 8.60. The molecule has 0 amide bonds. The van der Waals surface area contributed by atoms with E-state index in [1.807, 2.05) is 0 Å². The predicted octanol–water partition coefficient (Wildman–Crippen LogP) is 3.68. The summed E-state index contributed by atoms with van der Waals surface area (Å²) in [5.41, 5.74) is 0.530. The van der Waals surface area contributed by atoms with E-state index in [0.29, 0.717) is 18.3 Å². The maximum Gasteiger partial charge on any atom is 0.303 e. The summed E-state index contributed by atoms with van der Waals surface area (Å²) in [6, 6.07) is 0. The molecular formula is C18H28O5. The van der Waals surface area contributed by atoms with Crippen molar-refractivity contribution < 1.29 is 24.8 Å². The third kappa shape index (κ3) is 2.35. The molecule has 0 aromatic carbocycles. The zero-order valence-corrected chi connectivity index (χ0v) is 13.9. The molecule has 23 heavy (non-hydrogen) atoms. The zero-order valence-electron chi connectivity index (χ0n) is 13.9. The number of carboxylic acids is 1. The Kier molecular flexibility index (Phi) is 3.74. The van der Waals surface area contributed by atoms with Crippen LogP contribution in [0.2, 0.25) is 0 Å². The fourth-order valence-corrected chi connectivity index (χ4v) is 6.40. The highest BCUT2D eigenvalue weighted by Crippen LogP contribution is 2.74. The molecule has 4 fully saturated rings. The second-order valence-corrected chi connectivity index (χ2v) is 8.60. The van der Waals surface area contributed by atoms with E-state index < -0.39 is 11.8 Å². The van der Waals surface area contributed by atoms with Crippen molar-refractivity contribution >= 4 is 5.97 Å². The average molecular weight is 324 g/mol. The molecule has 5 unspecified atom stereocenters. The molecule has 0 heterocycles. The number of aliphatic carboxylic acids is 1. The van der Waals surface area contributed by atoms with Gasteiger partial charge in [-0.05, 0) is 67.6 Å². The van der Waals surface area contributed by atoms with Gasteiger partial charge in [-0.1, -0.05) is 6.92 Å². The van der Waals surface area contributed by atoms with E-state index >= 15 is 0 Å². The van der Waals surface area contributed by atoms with Crippen molar-refractivity contribution in [1.82, 2.24) is 0 Å². The molecule has 0 aliphatic heterocycles. The van der Waals surface area contributed by atoms with Gasteiger partial charge < -0.3 is 9.84 Å². The van der Waals surface area contributed by atoms with Crippen LogP contribution in [0, 0.1) is 29.1 Å². The molecular weight excluding hydrogens is 296 g/mol. The first-order valence-corrected chi connectivity index (χ1v) is 9.19. The van der Waals surface area contributed by atoms with Crippen LogP contribution in [0.5, 0.6) is 0 Å². The lowest BCUT2D eigenvalue weighted by molar-refractivity contribution is -0.421. The summed E-state index contributed by atoms with van der Waals surface area (Å²) in [4.78, 5) is 15.7. The molecule has 0 bridgehead atoms. The molecule has 5 atom stereocenters. The largest absolute Gasteiger partial charge is 0.481 e. The van der Waals surface area contributed by atoms with E-state index in [2.05, 4.69) is 6.92 Å². The molecule has 0 aromatic rings. The van der Waals surface area contributed by atoms with Gasteiger partial charge in [-0.15, -0.1) is 0 Å². The molecule has 130 valence electrons. The summed E-state index contributed by atoms with van der Waals surface area (Å²) >= 11 is 0. The molecule has 4 aliphatic rings. The number of carboxylic acid groups (broad SMARTS) is 1. The van der Waals surface area contributed by atoms with Crippen LogP contribution in [-0.4, -0.2) is 28.2 Å². The van der Waals surface area contributed by atoms with Gasteiger partial charge in [0.05, 0.1) is 6.10 Å². The number of carbonyl (C=O) groups is 1. The van der Waals surface area contributed by atoms with Crippen molar-refractivity contribution in [1.29, 1.82) is 0 Å². The van der Waals surface area contributed by atoms with Crippen molar-refractivity contribution in [3.05, 3.63) is 0 Å². The lowest BCUT2D eigenvalue weighted by Gasteiger charge is -2.66. The summed E-state index contributed by atoms with van der Waals surface area (Å²) in [7, 11) is 0. The van der Waals surface area contributed by atoms with Gasteiger partial charge in [-0.2, -0.15) is 0 Å². The average Bonchev–Trinajstić information content (AvgIpc) is 2.85. The van der Waals surface area contributed by atoms with Crippen molar-refractivity contribution in [3.63, 3.8) is 0 Å². The first kappa shape index (κ1) is 15.9. The Hall–Kier alpha value is -0.650. The molecule has 4 aliphatic carbocycles. The van der Waals surface area contributed by atoms with Crippen LogP contribution < -0.4 is 0 Å². The first-order chi connectivity index (χ1) is 11.0. The molecule has 1 spiro atoms. The Morgan fingerprint density at radius 1 is 1.17 bits per heavy atom. The Morgan fingerprint density at radius 2 is 1.87 bits per heavy atom. The highest BCUT2D eigenvalue weighted by molar-refractivity contribution is 5.67. The highest BCUT2D eigenvalue weighted by Gasteiger charge is 2.68. The van der Waals surface area contributed by atoms with Crippen LogP contribution in [-0.2, 0) is 14.4 Å². The topological polar surface area (TPSA) is 76.0 Å². The zero-order chi connectivity index (χ0) is 16.2. The maximum absolute atomic E-state index is 10.8. The van der Waals surface area contributed by atoms with E-state index in [1.54, 1.807) is 0 Å². The SMILES string of the molecule is CC1CC2CC3CC(OC4(OO)CCC(CC(=O)O)CC4)CC132. The van der Waals surface area contributed by atoms with Gasteiger partial charge in [0.15, 0.2) is 0 Å². The Labute approximate surface area is 137 Å². The van der Waals surface area contributed by atoms with Gasteiger partial charge in [0.25, 0.3) is 0 Å². The molecule has 5 heteroatoms. The molecule has 4 rings (SSSR count). The third-order valence-electron chi connectivity index (χ3n) is 7.65. The predicted molar refractivity (Wildman–Crippen MR) is 82.6 cm³/mol. The first-order valence-electron chi connectivity index (χ1n) is 9.19. The molecule has 0 aromatic heterocycles. The highest BCUT2D eigenvalue weighted by atomic mass is 17.1. The van der Waals surface area contributed by atoms with E-state index in [1.165, 1.54) is 12.8 Å². The van der Waals surface area contributed by atoms with Crippen molar-refractivity contribution in [2.24, 2.45) is 29.1 Å². The van der Waals surface area contributed by atoms with Crippen LogP contribution in [0.3, 0.4) is 0 Å². The van der Waals surface area contributed by atoms with Crippen LogP contribution in [0.1, 0.15) is 64.7 Å². The van der Waals surface area contributed by atoms with Gasteiger partial charge in [0.1, 0.15) is 0 Å². The van der Waals surface area contributed by atoms with Crippen LogP contribution in [0.15, 0.2) is 0 Å². The van der Waals surface area contributed by atoms with Gasteiger partial charge in [-0.3, -0.25) is 4.79 Å². The molecule has 4 saturated carbocycles. The van der Waals surface area contributed by atoms with Gasteiger partial charge in [0, 0.05) is 19.3 Å². The minimum atomic E-state index is -0.900. The van der Waals surface area contributed by atoms with Crippen LogP contribution in [0.4, 0.5) is 0 Å². The minimum Gasteiger partial charge on any atom is -0.481 e. The Balaban J connectivity index is 1.35. The second kappa shape index (κ2) is 5.43. The summed E-state index contributed by atoms with van der Waals surface area (Å²) in [5.74, 6) is 1.06. The fourth-order valence-electron chi connectivity index (χ4n) is 6.40. The summed E-state index contributed by atoms with van der Waals surface area (Å²) < 4.78 is 6.30. The van der Waals surface area contributed by atoms with E-state index in [-0.39, 0.29) is 18.4 Å². The number of hydrogen-bond donors (Lipinski definition) is 2.